The zero-order chi connectivity index (χ0) is 10.4. The van der Waals surface area contributed by atoms with E-state index in [-0.39, 0.29) is 24.9 Å². The van der Waals surface area contributed by atoms with E-state index in [1.54, 1.807) is 0 Å². The number of hydrogen-bond acceptors (Lipinski definition) is 6. The Balaban J connectivity index is 2.31. The van der Waals surface area contributed by atoms with Crippen molar-refractivity contribution in [2.45, 2.75) is 31.1 Å². The van der Waals surface area contributed by atoms with Gasteiger partial charge in [-0.25, -0.2) is 10.1 Å². The van der Waals surface area contributed by atoms with Crippen LogP contribution in [0.15, 0.2) is 0 Å². The second kappa shape index (κ2) is 6.28. The van der Waals surface area contributed by atoms with E-state index in [0.717, 1.165) is 6.42 Å². The van der Waals surface area contributed by atoms with E-state index in [0.29, 0.717) is 13.0 Å². The standard InChI is InChI=1S/C8H17NO5/c1-9-7-4-6(12-3-2-10)5-8(7)13-14-11/h6-11H,2-5H2,1H3/t6?,7?,8-/m1/s1. The van der Waals surface area contributed by atoms with Crippen LogP contribution in [0.3, 0.4) is 0 Å². The molecule has 0 aromatic carbocycles. The highest BCUT2D eigenvalue weighted by atomic mass is 17.5. The minimum absolute atomic E-state index is 0.0166. The lowest BCUT2D eigenvalue weighted by atomic mass is 10.2. The number of aliphatic hydroxyl groups excluding tert-OH is 1. The number of hydrogen-bond donors (Lipinski definition) is 3. The molecule has 1 aliphatic rings. The lowest BCUT2D eigenvalue weighted by Gasteiger charge is -2.14. The maximum atomic E-state index is 8.58. The number of ether oxygens (including phenoxy) is 1. The molecule has 3 N–H and O–H groups in total. The van der Waals surface area contributed by atoms with E-state index in [1.165, 1.54) is 0 Å². The van der Waals surface area contributed by atoms with Gasteiger partial charge in [-0.3, -0.25) is 0 Å². The quantitative estimate of drug-likeness (QED) is 0.404. The molecule has 0 bridgehead atoms. The maximum Gasteiger partial charge on any atom is 0.114 e. The maximum absolute atomic E-state index is 8.58. The van der Waals surface area contributed by atoms with Crippen molar-refractivity contribution in [3.05, 3.63) is 0 Å². The van der Waals surface area contributed by atoms with Crippen LogP contribution in [0.5, 0.6) is 0 Å². The van der Waals surface area contributed by atoms with Crippen LogP contribution in [0.2, 0.25) is 0 Å². The smallest absolute Gasteiger partial charge is 0.114 e. The summed E-state index contributed by atoms with van der Waals surface area (Å²) in [7, 11) is 1.81. The first-order valence-corrected chi connectivity index (χ1v) is 4.68. The van der Waals surface area contributed by atoms with E-state index < -0.39 is 0 Å². The highest BCUT2D eigenvalue weighted by Gasteiger charge is 2.35. The molecule has 0 aromatic rings. The Labute approximate surface area is 82.6 Å². The topological polar surface area (TPSA) is 80.2 Å². The van der Waals surface area contributed by atoms with Gasteiger partial charge in [0.15, 0.2) is 0 Å². The number of rotatable bonds is 6. The summed E-state index contributed by atoms with van der Waals surface area (Å²) in [5, 5.41) is 23.5. The van der Waals surface area contributed by atoms with Crippen molar-refractivity contribution in [1.82, 2.24) is 5.32 Å². The van der Waals surface area contributed by atoms with Crippen LogP contribution in [0, 0.1) is 0 Å². The molecule has 0 spiro atoms. The molecule has 3 atom stereocenters. The van der Waals surface area contributed by atoms with Crippen LogP contribution in [0.4, 0.5) is 0 Å². The van der Waals surface area contributed by atoms with Gasteiger partial charge in [0.2, 0.25) is 0 Å². The van der Waals surface area contributed by atoms with E-state index in [9.17, 15) is 0 Å². The van der Waals surface area contributed by atoms with Gasteiger partial charge in [0.05, 0.1) is 19.3 Å². The Bertz CT molecular complexity index is 157. The third kappa shape index (κ3) is 3.16. The van der Waals surface area contributed by atoms with Gasteiger partial charge in [0, 0.05) is 12.5 Å². The van der Waals surface area contributed by atoms with Crippen LogP contribution in [0.25, 0.3) is 0 Å². The molecule has 0 aromatic heterocycles. The van der Waals surface area contributed by atoms with Crippen LogP contribution < -0.4 is 5.32 Å². The monoisotopic (exact) mass is 207 g/mol. The molecule has 0 aliphatic heterocycles. The highest BCUT2D eigenvalue weighted by molar-refractivity contribution is 4.88. The van der Waals surface area contributed by atoms with Crippen molar-refractivity contribution >= 4 is 0 Å². The summed E-state index contributed by atoms with van der Waals surface area (Å²) in [6.45, 7) is 0.344. The number of nitrogens with one attached hydrogen (secondary N) is 1. The molecule has 14 heavy (non-hydrogen) atoms. The van der Waals surface area contributed by atoms with E-state index >= 15 is 0 Å². The lowest BCUT2D eigenvalue weighted by molar-refractivity contribution is -0.507. The molecule has 2 unspecified atom stereocenters. The van der Waals surface area contributed by atoms with Gasteiger partial charge >= 0.3 is 0 Å². The lowest BCUT2D eigenvalue weighted by Crippen LogP contribution is -2.34. The van der Waals surface area contributed by atoms with Crippen molar-refractivity contribution in [2.24, 2.45) is 0 Å². The predicted molar refractivity (Wildman–Crippen MR) is 47.5 cm³/mol. The molecule has 0 amide bonds. The minimum Gasteiger partial charge on any atom is -0.394 e. The third-order valence-electron chi connectivity index (χ3n) is 2.44. The van der Waals surface area contributed by atoms with E-state index in [2.05, 4.69) is 15.2 Å². The molecular formula is C8H17NO5. The first-order chi connectivity index (χ1) is 6.81. The molecule has 1 rings (SSSR count). The van der Waals surface area contributed by atoms with Gasteiger partial charge in [0.1, 0.15) is 6.10 Å². The summed E-state index contributed by atoms with van der Waals surface area (Å²) in [6.07, 6.45) is 1.25. The molecule has 0 saturated heterocycles. The Hall–Kier alpha value is -0.240. The second-order valence-electron chi connectivity index (χ2n) is 3.29. The van der Waals surface area contributed by atoms with Crippen LogP contribution in [-0.4, -0.2) is 48.9 Å². The van der Waals surface area contributed by atoms with Gasteiger partial charge in [-0.2, -0.15) is 0 Å². The minimum atomic E-state index is -0.214. The normalized spacial score (nSPS) is 32.4. The zero-order valence-corrected chi connectivity index (χ0v) is 8.18. The van der Waals surface area contributed by atoms with Crippen molar-refractivity contribution in [1.29, 1.82) is 0 Å². The summed E-state index contributed by atoms with van der Waals surface area (Å²) in [5.41, 5.74) is 0. The zero-order valence-electron chi connectivity index (χ0n) is 8.18. The summed E-state index contributed by atoms with van der Waals surface area (Å²) < 4.78 is 5.35. The molecule has 6 heteroatoms. The fraction of sp³-hybridized carbons (Fsp3) is 1.00. The first-order valence-electron chi connectivity index (χ1n) is 4.68. The number of likely N-dealkylation sites (N-methyl/N-ethyl adjacent to an activating group) is 1. The van der Waals surface area contributed by atoms with Gasteiger partial charge in [-0.1, -0.05) is 5.04 Å². The van der Waals surface area contributed by atoms with Crippen molar-refractivity contribution < 1.29 is 25.0 Å². The van der Waals surface area contributed by atoms with E-state index in [4.69, 9.17) is 15.1 Å². The van der Waals surface area contributed by atoms with E-state index in [1.807, 2.05) is 7.05 Å². The third-order valence-corrected chi connectivity index (χ3v) is 2.44. The Morgan fingerprint density at radius 2 is 2.21 bits per heavy atom. The molecule has 1 fully saturated rings. The Morgan fingerprint density at radius 3 is 2.79 bits per heavy atom. The first kappa shape index (κ1) is 11.8. The summed E-state index contributed by atoms with van der Waals surface area (Å²) in [4.78, 5) is 4.67. The van der Waals surface area contributed by atoms with Crippen LogP contribution in [0.1, 0.15) is 12.8 Å². The van der Waals surface area contributed by atoms with Gasteiger partial charge in [-0.05, 0) is 13.5 Å². The second-order valence-corrected chi connectivity index (χ2v) is 3.29. The average Bonchev–Trinajstić information content (AvgIpc) is 2.58. The van der Waals surface area contributed by atoms with Gasteiger partial charge < -0.3 is 15.2 Å². The molecule has 6 nitrogen and oxygen atoms in total. The van der Waals surface area contributed by atoms with Crippen molar-refractivity contribution in [3.63, 3.8) is 0 Å². The summed E-state index contributed by atoms with van der Waals surface area (Å²) in [5.74, 6) is 0. The van der Waals surface area contributed by atoms with Crippen LogP contribution in [-0.2, 0) is 14.7 Å². The van der Waals surface area contributed by atoms with Crippen molar-refractivity contribution in [3.8, 4) is 0 Å². The Morgan fingerprint density at radius 1 is 1.43 bits per heavy atom. The largest absolute Gasteiger partial charge is 0.394 e. The fourth-order valence-electron chi connectivity index (χ4n) is 1.78. The van der Waals surface area contributed by atoms with Crippen molar-refractivity contribution in [2.75, 3.05) is 20.3 Å². The molecule has 0 radical (unpaired) electrons. The van der Waals surface area contributed by atoms with Gasteiger partial charge in [0.25, 0.3) is 0 Å². The fourth-order valence-corrected chi connectivity index (χ4v) is 1.78. The molecule has 1 saturated carbocycles. The average molecular weight is 207 g/mol. The molecule has 1 aliphatic carbocycles. The SMILES string of the molecule is CNC1CC(OCCO)C[C@H]1OOO. The van der Waals surface area contributed by atoms with Crippen LogP contribution >= 0.6 is 0 Å². The predicted octanol–water partition coefficient (Wildman–Crippen LogP) is -0.464. The molecular weight excluding hydrogens is 190 g/mol. The molecule has 84 valence electrons. The van der Waals surface area contributed by atoms with Gasteiger partial charge in [-0.15, -0.1) is 0 Å². The summed E-state index contributed by atoms with van der Waals surface area (Å²) >= 11 is 0. The number of aliphatic hydroxyl groups is 1. The summed E-state index contributed by atoms with van der Waals surface area (Å²) in [6, 6.07) is 0.103. The highest BCUT2D eigenvalue weighted by Crippen LogP contribution is 2.25. The Kier molecular flexibility index (Phi) is 5.31. The molecule has 0 heterocycles.